The highest BCUT2D eigenvalue weighted by Gasteiger charge is 2.11. The second-order valence-electron chi connectivity index (χ2n) is 8.79. The zero-order chi connectivity index (χ0) is 20.7. The molecular weight excluding hydrogens is 342 g/mol. The molecule has 2 heteroatoms. The zero-order valence-electron chi connectivity index (χ0n) is 19.9. The summed E-state index contributed by atoms with van der Waals surface area (Å²) in [4.78, 5) is 14.5. The van der Waals surface area contributed by atoms with Crippen molar-refractivity contribution in [3.8, 4) is 0 Å². The van der Waals surface area contributed by atoms with Crippen LogP contribution >= 0.6 is 0 Å². The maximum absolute atomic E-state index is 12.4. The minimum absolute atomic E-state index is 0.400. The van der Waals surface area contributed by atoms with Crippen LogP contribution in [0.4, 0.5) is 0 Å². The van der Waals surface area contributed by atoms with Crippen molar-refractivity contribution < 1.29 is 4.79 Å². The second kappa shape index (κ2) is 22.8. The van der Waals surface area contributed by atoms with E-state index in [9.17, 15) is 4.79 Å². The first-order chi connectivity index (χ1) is 13.8. The normalized spacial score (nSPS) is 11.1. The van der Waals surface area contributed by atoms with Crippen molar-refractivity contribution in [3.05, 3.63) is 0 Å². The van der Waals surface area contributed by atoms with Crippen LogP contribution in [0, 0.1) is 0 Å². The molecule has 2 nitrogen and oxygen atoms in total. The highest BCUT2D eigenvalue weighted by molar-refractivity contribution is 5.76. The molecule has 0 aliphatic carbocycles. The summed E-state index contributed by atoms with van der Waals surface area (Å²) in [5, 5.41) is 0. The molecule has 0 rings (SSSR count). The van der Waals surface area contributed by atoms with Crippen LogP contribution in [0.25, 0.3) is 0 Å². The molecule has 0 radical (unpaired) electrons. The SMILES string of the molecule is CCCCCCCCCCCCCCCCCC(=O)N(CCCC)CCCC. The lowest BCUT2D eigenvalue weighted by molar-refractivity contribution is -0.131. The summed E-state index contributed by atoms with van der Waals surface area (Å²) in [7, 11) is 0. The van der Waals surface area contributed by atoms with Crippen LogP contribution in [-0.2, 0) is 4.79 Å². The molecule has 0 spiro atoms. The summed E-state index contributed by atoms with van der Waals surface area (Å²) in [5.74, 6) is 0.400. The zero-order valence-corrected chi connectivity index (χ0v) is 19.9. The van der Waals surface area contributed by atoms with E-state index in [0.29, 0.717) is 5.91 Å². The lowest BCUT2D eigenvalue weighted by atomic mass is 10.0. The predicted molar refractivity (Wildman–Crippen MR) is 126 cm³/mol. The third-order valence-corrected chi connectivity index (χ3v) is 5.91. The van der Waals surface area contributed by atoms with Crippen molar-refractivity contribution in [3.63, 3.8) is 0 Å². The first-order valence-corrected chi connectivity index (χ1v) is 13.0. The largest absolute Gasteiger partial charge is 0.343 e. The molecule has 0 aromatic carbocycles. The Morgan fingerprint density at radius 2 is 0.786 bits per heavy atom. The maximum atomic E-state index is 12.4. The van der Waals surface area contributed by atoms with Crippen LogP contribution in [-0.4, -0.2) is 23.9 Å². The Hall–Kier alpha value is -0.530. The van der Waals surface area contributed by atoms with Gasteiger partial charge in [-0.3, -0.25) is 4.79 Å². The Bertz CT molecular complexity index is 308. The fourth-order valence-corrected chi connectivity index (χ4v) is 3.86. The summed E-state index contributed by atoms with van der Waals surface area (Å²) in [6.07, 6.45) is 26.1. The quantitative estimate of drug-likeness (QED) is 0.168. The third kappa shape index (κ3) is 18.8. The summed E-state index contributed by atoms with van der Waals surface area (Å²) < 4.78 is 0. The fraction of sp³-hybridized carbons (Fsp3) is 0.962. The van der Waals surface area contributed by atoms with Gasteiger partial charge in [0.2, 0.25) is 5.91 Å². The van der Waals surface area contributed by atoms with E-state index in [1.54, 1.807) is 0 Å². The number of amides is 1. The number of carbonyl (C=O) groups excluding carboxylic acids is 1. The van der Waals surface area contributed by atoms with E-state index in [1.165, 1.54) is 103 Å². The van der Waals surface area contributed by atoms with Gasteiger partial charge in [-0.1, -0.05) is 124 Å². The van der Waals surface area contributed by atoms with Gasteiger partial charge >= 0.3 is 0 Å². The van der Waals surface area contributed by atoms with Crippen LogP contribution in [0.5, 0.6) is 0 Å². The molecular formula is C26H53NO. The van der Waals surface area contributed by atoms with E-state index >= 15 is 0 Å². The van der Waals surface area contributed by atoms with Gasteiger partial charge in [-0.15, -0.1) is 0 Å². The minimum Gasteiger partial charge on any atom is -0.343 e. The van der Waals surface area contributed by atoms with E-state index in [4.69, 9.17) is 0 Å². The molecule has 0 unspecified atom stereocenters. The molecule has 1 amide bonds. The summed E-state index contributed by atoms with van der Waals surface area (Å²) in [5.41, 5.74) is 0. The van der Waals surface area contributed by atoms with Crippen molar-refractivity contribution in [2.45, 2.75) is 149 Å². The smallest absolute Gasteiger partial charge is 0.222 e. The van der Waals surface area contributed by atoms with Crippen LogP contribution in [0.15, 0.2) is 0 Å². The van der Waals surface area contributed by atoms with Crippen LogP contribution < -0.4 is 0 Å². The predicted octanol–water partition coefficient (Wildman–Crippen LogP) is 8.68. The maximum Gasteiger partial charge on any atom is 0.222 e. The van der Waals surface area contributed by atoms with Gasteiger partial charge in [0.25, 0.3) is 0 Å². The number of hydrogen-bond donors (Lipinski definition) is 0. The lowest BCUT2D eigenvalue weighted by Gasteiger charge is -2.22. The lowest BCUT2D eigenvalue weighted by Crippen LogP contribution is -2.32. The average Bonchev–Trinajstić information content (AvgIpc) is 2.70. The Morgan fingerprint density at radius 3 is 1.14 bits per heavy atom. The molecule has 0 aliphatic heterocycles. The Balaban J connectivity index is 3.42. The Kier molecular flexibility index (Phi) is 22.3. The van der Waals surface area contributed by atoms with Gasteiger partial charge < -0.3 is 4.90 Å². The second-order valence-corrected chi connectivity index (χ2v) is 8.79. The van der Waals surface area contributed by atoms with Crippen molar-refractivity contribution in [1.82, 2.24) is 4.90 Å². The van der Waals surface area contributed by atoms with E-state index < -0.39 is 0 Å². The molecule has 0 aliphatic rings. The van der Waals surface area contributed by atoms with Crippen LogP contribution in [0.3, 0.4) is 0 Å². The molecule has 0 atom stereocenters. The third-order valence-electron chi connectivity index (χ3n) is 5.91. The Morgan fingerprint density at radius 1 is 0.464 bits per heavy atom. The molecule has 168 valence electrons. The molecule has 0 bridgehead atoms. The van der Waals surface area contributed by atoms with E-state index in [-0.39, 0.29) is 0 Å². The standard InChI is InChI=1S/C26H53NO/c1-4-7-10-11-12-13-14-15-16-17-18-19-20-21-22-23-26(28)27(24-8-5-2)25-9-6-3/h4-25H2,1-3H3. The molecule has 0 N–H and O–H groups in total. The fourth-order valence-electron chi connectivity index (χ4n) is 3.86. The van der Waals surface area contributed by atoms with Gasteiger partial charge in [-0.05, 0) is 19.3 Å². The topological polar surface area (TPSA) is 20.3 Å². The Labute approximate surface area is 178 Å². The van der Waals surface area contributed by atoms with Gasteiger partial charge in [-0.2, -0.15) is 0 Å². The van der Waals surface area contributed by atoms with E-state index in [0.717, 1.165) is 38.8 Å². The number of rotatable bonds is 22. The van der Waals surface area contributed by atoms with Gasteiger partial charge in [0.1, 0.15) is 0 Å². The van der Waals surface area contributed by atoms with E-state index in [1.807, 2.05) is 0 Å². The minimum atomic E-state index is 0.400. The number of unbranched alkanes of at least 4 members (excludes halogenated alkanes) is 16. The molecule has 0 heterocycles. The van der Waals surface area contributed by atoms with Gasteiger partial charge in [0.05, 0.1) is 0 Å². The summed E-state index contributed by atoms with van der Waals surface area (Å²) >= 11 is 0. The molecule has 0 aromatic heterocycles. The average molecular weight is 396 g/mol. The van der Waals surface area contributed by atoms with E-state index in [2.05, 4.69) is 25.7 Å². The highest BCUT2D eigenvalue weighted by atomic mass is 16.2. The van der Waals surface area contributed by atoms with Gasteiger partial charge in [0, 0.05) is 19.5 Å². The molecule has 0 fully saturated rings. The summed E-state index contributed by atoms with van der Waals surface area (Å²) in [6.45, 7) is 8.63. The summed E-state index contributed by atoms with van der Waals surface area (Å²) in [6, 6.07) is 0. The van der Waals surface area contributed by atoms with Crippen molar-refractivity contribution >= 4 is 5.91 Å². The first kappa shape index (κ1) is 27.5. The van der Waals surface area contributed by atoms with Crippen molar-refractivity contribution in [2.24, 2.45) is 0 Å². The molecule has 0 saturated heterocycles. The molecule has 28 heavy (non-hydrogen) atoms. The molecule has 0 aromatic rings. The van der Waals surface area contributed by atoms with Gasteiger partial charge in [-0.25, -0.2) is 0 Å². The highest BCUT2D eigenvalue weighted by Crippen LogP contribution is 2.14. The number of carbonyl (C=O) groups is 1. The number of hydrogen-bond acceptors (Lipinski definition) is 1. The van der Waals surface area contributed by atoms with Crippen molar-refractivity contribution in [2.75, 3.05) is 13.1 Å². The molecule has 0 saturated carbocycles. The number of nitrogens with zero attached hydrogens (tertiary/aromatic N) is 1. The van der Waals surface area contributed by atoms with Gasteiger partial charge in [0.15, 0.2) is 0 Å². The van der Waals surface area contributed by atoms with Crippen LogP contribution in [0.1, 0.15) is 149 Å². The van der Waals surface area contributed by atoms with Crippen molar-refractivity contribution in [1.29, 1.82) is 0 Å². The van der Waals surface area contributed by atoms with Crippen LogP contribution in [0.2, 0.25) is 0 Å². The first-order valence-electron chi connectivity index (χ1n) is 13.0. The monoisotopic (exact) mass is 395 g/mol.